The Morgan fingerprint density at radius 1 is 1.33 bits per heavy atom. The summed E-state index contributed by atoms with van der Waals surface area (Å²) in [6, 6.07) is 2.21. The summed E-state index contributed by atoms with van der Waals surface area (Å²) >= 11 is 0. The molecular weight excluding hydrogens is 323 g/mol. The molecule has 0 unspecified atom stereocenters. The maximum Gasteiger partial charge on any atom is 0.435 e. The van der Waals surface area contributed by atoms with Crippen LogP contribution in [0.2, 0.25) is 0 Å². The molecule has 2 aromatic heterocycles. The van der Waals surface area contributed by atoms with E-state index in [1.807, 2.05) is 17.8 Å². The van der Waals surface area contributed by atoms with Crippen LogP contribution < -0.4 is 5.32 Å². The zero-order valence-corrected chi connectivity index (χ0v) is 13.1. The van der Waals surface area contributed by atoms with Gasteiger partial charge in [0.05, 0.1) is 12.3 Å². The van der Waals surface area contributed by atoms with Crippen LogP contribution in [-0.4, -0.2) is 33.1 Å². The first-order chi connectivity index (χ1) is 11.5. The minimum atomic E-state index is -4.48. The Hall–Kier alpha value is -2.16. The quantitative estimate of drug-likeness (QED) is 0.906. The third-order valence-electron chi connectivity index (χ3n) is 4.02. The molecule has 0 saturated carbocycles. The first kappa shape index (κ1) is 16.7. The van der Waals surface area contributed by atoms with E-state index in [1.54, 1.807) is 6.20 Å². The van der Waals surface area contributed by atoms with E-state index in [0.717, 1.165) is 24.6 Å². The van der Waals surface area contributed by atoms with E-state index in [9.17, 15) is 13.2 Å². The van der Waals surface area contributed by atoms with Gasteiger partial charge in [0, 0.05) is 37.4 Å². The molecular formula is C15H18F3N5O. The van der Waals surface area contributed by atoms with Gasteiger partial charge in [0.1, 0.15) is 5.82 Å². The van der Waals surface area contributed by atoms with Crippen molar-refractivity contribution in [1.29, 1.82) is 0 Å². The number of rotatable bonds is 5. The molecule has 6 nitrogen and oxygen atoms in total. The van der Waals surface area contributed by atoms with Gasteiger partial charge in [-0.1, -0.05) is 0 Å². The summed E-state index contributed by atoms with van der Waals surface area (Å²) < 4.78 is 45.0. The van der Waals surface area contributed by atoms with Gasteiger partial charge in [-0.05, 0) is 25.5 Å². The molecule has 0 aromatic carbocycles. The molecule has 0 spiro atoms. The number of ether oxygens (including phenoxy) is 1. The third-order valence-corrected chi connectivity index (χ3v) is 4.02. The largest absolute Gasteiger partial charge is 0.435 e. The van der Waals surface area contributed by atoms with Crippen LogP contribution in [0.3, 0.4) is 0 Å². The Labute approximate surface area is 137 Å². The summed E-state index contributed by atoms with van der Waals surface area (Å²) in [5.74, 6) is 0.515. The number of hydrogen-bond donors (Lipinski definition) is 1. The van der Waals surface area contributed by atoms with Gasteiger partial charge in [0.25, 0.3) is 0 Å². The van der Waals surface area contributed by atoms with Crippen molar-refractivity contribution < 1.29 is 17.9 Å². The lowest BCUT2D eigenvalue weighted by molar-refractivity contribution is -0.141. The SMILES string of the molecule is CCn1cc([C@@H]2OCC[C@H]2CNc2ccc(C(F)(F)F)nn2)cn1. The van der Waals surface area contributed by atoms with Crippen LogP contribution in [0.4, 0.5) is 19.0 Å². The molecule has 1 aliphatic heterocycles. The number of nitrogens with zero attached hydrogens (tertiary/aromatic N) is 4. The highest BCUT2D eigenvalue weighted by atomic mass is 19.4. The normalized spacial score (nSPS) is 21.2. The lowest BCUT2D eigenvalue weighted by atomic mass is 9.97. The van der Waals surface area contributed by atoms with Gasteiger partial charge in [0.2, 0.25) is 0 Å². The van der Waals surface area contributed by atoms with Gasteiger partial charge in [-0.3, -0.25) is 4.68 Å². The van der Waals surface area contributed by atoms with Crippen LogP contribution in [0.25, 0.3) is 0 Å². The van der Waals surface area contributed by atoms with E-state index >= 15 is 0 Å². The maximum absolute atomic E-state index is 12.5. The van der Waals surface area contributed by atoms with Crippen LogP contribution in [0.1, 0.15) is 30.7 Å². The Bertz CT molecular complexity index is 670. The summed E-state index contributed by atoms with van der Waals surface area (Å²) in [5, 5.41) is 14.1. The summed E-state index contributed by atoms with van der Waals surface area (Å²) in [7, 11) is 0. The van der Waals surface area contributed by atoms with Crippen LogP contribution in [0, 0.1) is 5.92 Å². The molecule has 24 heavy (non-hydrogen) atoms. The summed E-state index contributed by atoms with van der Waals surface area (Å²) in [4.78, 5) is 0. The smallest absolute Gasteiger partial charge is 0.373 e. The highest BCUT2D eigenvalue weighted by Crippen LogP contribution is 2.34. The zero-order valence-electron chi connectivity index (χ0n) is 13.1. The molecule has 9 heteroatoms. The van der Waals surface area contributed by atoms with E-state index in [4.69, 9.17) is 4.74 Å². The van der Waals surface area contributed by atoms with Crippen molar-refractivity contribution in [2.24, 2.45) is 5.92 Å². The van der Waals surface area contributed by atoms with E-state index in [1.165, 1.54) is 6.07 Å². The van der Waals surface area contributed by atoms with Gasteiger partial charge in [0.15, 0.2) is 5.69 Å². The molecule has 130 valence electrons. The number of alkyl halides is 3. The van der Waals surface area contributed by atoms with E-state index < -0.39 is 11.9 Å². The Morgan fingerprint density at radius 3 is 2.79 bits per heavy atom. The molecule has 2 atom stereocenters. The van der Waals surface area contributed by atoms with Gasteiger partial charge < -0.3 is 10.1 Å². The fourth-order valence-electron chi connectivity index (χ4n) is 2.72. The Balaban J connectivity index is 1.61. The molecule has 0 aliphatic carbocycles. The predicted octanol–water partition coefficient (Wildman–Crippen LogP) is 2.90. The number of nitrogens with one attached hydrogen (secondary N) is 1. The van der Waals surface area contributed by atoms with E-state index in [2.05, 4.69) is 20.6 Å². The number of halogens is 3. The third kappa shape index (κ3) is 3.66. The zero-order chi connectivity index (χ0) is 17.2. The lowest BCUT2D eigenvalue weighted by Crippen LogP contribution is -2.19. The number of hydrogen-bond acceptors (Lipinski definition) is 5. The maximum atomic E-state index is 12.5. The van der Waals surface area contributed by atoms with Crippen molar-refractivity contribution >= 4 is 5.82 Å². The summed E-state index contributed by atoms with van der Waals surface area (Å²) in [6.07, 6.45) is 0.0733. The second-order valence-corrected chi connectivity index (χ2v) is 5.65. The van der Waals surface area contributed by atoms with Crippen LogP contribution in [-0.2, 0) is 17.5 Å². The van der Waals surface area contributed by atoms with E-state index in [0.29, 0.717) is 19.0 Å². The first-order valence-electron chi connectivity index (χ1n) is 7.76. The fourth-order valence-corrected chi connectivity index (χ4v) is 2.72. The molecule has 0 bridgehead atoms. The fraction of sp³-hybridized carbons (Fsp3) is 0.533. The average molecular weight is 341 g/mol. The minimum Gasteiger partial charge on any atom is -0.373 e. The molecule has 0 radical (unpaired) electrons. The van der Waals surface area contributed by atoms with Crippen molar-refractivity contribution in [3.05, 3.63) is 35.8 Å². The van der Waals surface area contributed by atoms with Gasteiger partial charge in [-0.15, -0.1) is 10.2 Å². The predicted molar refractivity (Wildman–Crippen MR) is 80.2 cm³/mol. The summed E-state index contributed by atoms with van der Waals surface area (Å²) in [6.45, 7) is 3.99. The molecule has 1 N–H and O–H groups in total. The van der Waals surface area contributed by atoms with Crippen molar-refractivity contribution in [3.63, 3.8) is 0 Å². The number of anilines is 1. The van der Waals surface area contributed by atoms with Crippen molar-refractivity contribution in [3.8, 4) is 0 Å². The molecule has 3 heterocycles. The summed E-state index contributed by atoms with van der Waals surface area (Å²) in [5.41, 5.74) is 0.0155. The first-order valence-corrected chi connectivity index (χ1v) is 7.76. The molecule has 3 rings (SSSR count). The molecule has 2 aromatic rings. The second kappa shape index (κ2) is 6.76. The van der Waals surface area contributed by atoms with Crippen LogP contribution >= 0.6 is 0 Å². The van der Waals surface area contributed by atoms with Crippen molar-refractivity contribution in [2.75, 3.05) is 18.5 Å². The van der Waals surface area contributed by atoms with E-state index in [-0.39, 0.29) is 12.0 Å². The monoisotopic (exact) mass is 341 g/mol. The Kier molecular flexibility index (Phi) is 4.70. The molecule has 1 aliphatic rings. The second-order valence-electron chi connectivity index (χ2n) is 5.65. The molecule has 1 saturated heterocycles. The highest BCUT2D eigenvalue weighted by Gasteiger charge is 2.33. The molecule has 1 fully saturated rings. The van der Waals surface area contributed by atoms with Gasteiger partial charge in [-0.25, -0.2) is 0 Å². The van der Waals surface area contributed by atoms with Gasteiger partial charge >= 0.3 is 6.18 Å². The molecule has 0 amide bonds. The topological polar surface area (TPSA) is 64.9 Å². The van der Waals surface area contributed by atoms with Crippen LogP contribution in [0.5, 0.6) is 0 Å². The van der Waals surface area contributed by atoms with Crippen LogP contribution in [0.15, 0.2) is 24.5 Å². The van der Waals surface area contributed by atoms with Crippen molar-refractivity contribution in [1.82, 2.24) is 20.0 Å². The number of aromatic nitrogens is 4. The minimum absolute atomic E-state index is 0.0693. The van der Waals surface area contributed by atoms with Crippen molar-refractivity contribution in [2.45, 2.75) is 32.2 Å². The lowest BCUT2D eigenvalue weighted by Gasteiger charge is -2.18. The highest BCUT2D eigenvalue weighted by molar-refractivity contribution is 5.33. The number of aryl methyl sites for hydroxylation is 1. The average Bonchev–Trinajstić information content (AvgIpc) is 3.21. The Morgan fingerprint density at radius 2 is 2.17 bits per heavy atom. The standard InChI is InChI=1S/C15H18F3N5O/c1-2-23-9-11(8-20-23)14-10(5-6-24-14)7-19-13-4-3-12(21-22-13)15(16,17)18/h3-4,8-10,14H,2,5-7H2,1H3,(H,19,22)/t10-,14+/m0/s1. The van der Waals surface area contributed by atoms with Gasteiger partial charge in [-0.2, -0.15) is 18.3 Å².